The van der Waals surface area contributed by atoms with Crippen molar-refractivity contribution in [1.29, 1.82) is 0 Å². The molecule has 0 saturated heterocycles. The summed E-state index contributed by atoms with van der Waals surface area (Å²) in [6.07, 6.45) is 0. The molecule has 3 aromatic rings. The standard InChI is InChI=1S/C32H42O2S/c1-23(33)34-35(25-17-13-11-14-18-25,26-19-15-12-16-20-26)29-27(31(5,6)7)21-24(30(2,3)4)22-28(29)32(8,9)10/h11-22H,1-10H3. The number of benzene rings is 3. The molecule has 0 heterocycles. The molecule has 0 unspecified atom stereocenters. The van der Waals surface area contributed by atoms with E-state index in [1.807, 2.05) is 36.4 Å². The maximum absolute atomic E-state index is 12.9. The molecule has 3 aromatic carbocycles. The lowest BCUT2D eigenvalue weighted by atomic mass is 9.75. The highest BCUT2D eigenvalue weighted by Gasteiger charge is 2.43. The molecule has 0 spiro atoms. The monoisotopic (exact) mass is 490 g/mol. The number of carbonyl (C=O) groups is 1. The molecule has 0 atom stereocenters. The van der Waals surface area contributed by atoms with Crippen molar-refractivity contribution in [3.8, 4) is 0 Å². The van der Waals surface area contributed by atoms with E-state index in [9.17, 15) is 4.79 Å². The molecule has 0 N–H and O–H groups in total. The van der Waals surface area contributed by atoms with Gasteiger partial charge in [-0.05, 0) is 67.5 Å². The van der Waals surface area contributed by atoms with Gasteiger partial charge in [-0.1, -0.05) is 111 Å². The van der Waals surface area contributed by atoms with E-state index in [2.05, 4.69) is 98.7 Å². The van der Waals surface area contributed by atoms with Gasteiger partial charge < -0.3 is 4.18 Å². The topological polar surface area (TPSA) is 26.3 Å². The second-order valence-electron chi connectivity index (χ2n) is 12.4. The lowest BCUT2D eigenvalue weighted by Crippen LogP contribution is -2.27. The van der Waals surface area contributed by atoms with E-state index in [-0.39, 0.29) is 22.2 Å². The van der Waals surface area contributed by atoms with Crippen LogP contribution >= 0.6 is 10.3 Å². The largest absolute Gasteiger partial charge is 0.402 e. The second kappa shape index (κ2) is 9.50. The lowest BCUT2D eigenvalue weighted by Gasteiger charge is -2.46. The van der Waals surface area contributed by atoms with Crippen LogP contribution < -0.4 is 0 Å². The molecular formula is C32H42O2S. The zero-order valence-corrected chi connectivity index (χ0v) is 24.0. The van der Waals surface area contributed by atoms with Crippen LogP contribution in [0.25, 0.3) is 0 Å². The van der Waals surface area contributed by atoms with Gasteiger partial charge in [0.2, 0.25) is 0 Å². The van der Waals surface area contributed by atoms with Crippen LogP contribution in [-0.4, -0.2) is 5.97 Å². The van der Waals surface area contributed by atoms with Crippen molar-refractivity contribution in [2.24, 2.45) is 0 Å². The Bertz CT molecular complexity index is 1100. The third-order valence-electron chi connectivity index (χ3n) is 6.25. The van der Waals surface area contributed by atoms with Crippen molar-refractivity contribution in [1.82, 2.24) is 0 Å². The van der Waals surface area contributed by atoms with Crippen LogP contribution in [0.15, 0.2) is 87.5 Å². The van der Waals surface area contributed by atoms with E-state index in [1.54, 1.807) is 0 Å². The number of rotatable bonds is 4. The van der Waals surface area contributed by atoms with Crippen LogP contribution in [-0.2, 0) is 25.2 Å². The summed E-state index contributed by atoms with van der Waals surface area (Å²) in [6.45, 7) is 21.9. The molecule has 0 amide bonds. The maximum Gasteiger partial charge on any atom is 0.313 e. The highest BCUT2D eigenvalue weighted by atomic mass is 32.3. The van der Waals surface area contributed by atoms with E-state index < -0.39 is 10.3 Å². The van der Waals surface area contributed by atoms with Crippen molar-refractivity contribution in [3.05, 3.63) is 89.5 Å². The molecule has 0 bridgehead atoms. The van der Waals surface area contributed by atoms with Crippen LogP contribution in [0.3, 0.4) is 0 Å². The molecule has 0 aromatic heterocycles. The Balaban J connectivity index is 2.68. The van der Waals surface area contributed by atoms with Crippen LogP contribution in [0.5, 0.6) is 0 Å². The smallest absolute Gasteiger partial charge is 0.313 e. The Morgan fingerprint density at radius 2 is 1.00 bits per heavy atom. The summed E-state index contributed by atoms with van der Waals surface area (Å²) in [5.74, 6) is -0.271. The Morgan fingerprint density at radius 1 is 0.629 bits per heavy atom. The summed E-state index contributed by atoms with van der Waals surface area (Å²) in [5.41, 5.74) is 3.42. The number of carbonyl (C=O) groups excluding carboxylic acids is 1. The summed E-state index contributed by atoms with van der Waals surface area (Å²) in [5, 5.41) is 0. The van der Waals surface area contributed by atoms with Gasteiger partial charge in [-0.15, -0.1) is 0 Å². The van der Waals surface area contributed by atoms with Crippen LogP contribution in [0, 0.1) is 0 Å². The first-order valence-electron chi connectivity index (χ1n) is 12.4. The number of hydrogen-bond donors (Lipinski definition) is 0. The van der Waals surface area contributed by atoms with Crippen LogP contribution in [0.4, 0.5) is 0 Å². The van der Waals surface area contributed by atoms with Crippen molar-refractivity contribution < 1.29 is 8.98 Å². The average molecular weight is 491 g/mol. The highest BCUT2D eigenvalue weighted by Crippen LogP contribution is 2.72. The molecule has 188 valence electrons. The summed E-state index contributed by atoms with van der Waals surface area (Å²) < 4.78 is 6.64. The van der Waals surface area contributed by atoms with Gasteiger partial charge in [-0.3, -0.25) is 4.79 Å². The first-order chi connectivity index (χ1) is 16.1. The molecule has 0 fully saturated rings. The molecule has 0 aliphatic rings. The minimum absolute atomic E-state index is 0.0164. The van der Waals surface area contributed by atoms with E-state index in [1.165, 1.54) is 23.6 Å². The predicted molar refractivity (Wildman–Crippen MR) is 150 cm³/mol. The summed E-state index contributed by atoms with van der Waals surface area (Å²) >= 11 is 0. The molecule has 35 heavy (non-hydrogen) atoms. The Labute approximate surface area is 214 Å². The van der Waals surface area contributed by atoms with Crippen molar-refractivity contribution in [3.63, 3.8) is 0 Å². The van der Waals surface area contributed by atoms with E-state index in [0.29, 0.717) is 0 Å². The molecule has 3 heteroatoms. The van der Waals surface area contributed by atoms with Crippen LogP contribution in [0.1, 0.15) is 85.9 Å². The lowest BCUT2D eigenvalue weighted by molar-refractivity contribution is -0.131. The van der Waals surface area contributed by atoms with E-state index >= 15 is 0 Å². The first-order valence-corrected chi connectivity index (χ1v) is 14.0. The Kier molecular flexibility index (Phi) is 7.35. The van der Waals surface area contributed by atoms with Gasteiger partial charge in [0.1, 0.15) is 0 Å². The summed E-state index contributed by atoms with van der Waals surface area (Å²) in [4.78, 5) is 16.1. The molecule has 0 saturated carbocycles. The Hall–Kier alpha value is -2.52. The zero-order valence-electron chi connectivity index (χ0n) is 23.2. The van der Waals surface area contributed by atoms with Gasteiger partial charge in [0.05, 0.1) is 0 Å². The van der Waals surface area contributed by atoms with Crippen molar-refractivity contribution in [2.75, 3.05) is 0 Å². The van der Waals surface area contributed by atoms with Crippen LogP contribution in [0.2, 0.25) is 0 Å². The quantitative estimate of drug-likeness (QED) is 0.364. The maximum atomic E-state index is 12.9. The minimum atomic E-state index is -2.37. The van der Waals surface area contributed by atoms with E-state index in [4.69, 9.17) is 4.18 Å². The fourth-order valence-electron chi connectivity index (χ4n) is 4.40. The van der Waals surface area contributed by atoms with Gasteiger partial charge >= 0.3 is 5.97 Å². The zero-order chi connectivity index (χ0) is 26.2. The van der Waals surface area contributed by atoms with Gasteiger partial charge in [0.25, 0.3) is 0 Å². The first kappa shape index (κ1) is 27.1. The third kappa shape index (κ3) is 5.51. The van der Waals surface area contributed by atoms with Gasteiger partial charge in [-0.2, -0.15) is 0 Å². The van der Waals surface area contributed by atoms with E-state index in [0.717, 1.165) is 14.7 Å². The predicted octanol–water partition coefficient (Wildman–Crippen LogP) is 9.34. The molecule has 0 radical (unpaired) electrons. The third-order valence-corrected chi connectivity index (χ3v) is 9.62. The molecule has 0 aliphatic heterocycles. The Morgan fingerprint density at radius 3 is 1.29 bits per heavy atom. The van der Waals surface area contributed by atoms with Gasteiger partial charge in [-0.25, -0.2) is 0 Å². The normalized spacial score (nSPS) is 13.4. The van der Waals surface area contributed by atoms with Gasteiger partial charge in [0, 0.05) is 21.6 Å². The fourth-order valence-corrected chi connectivity index (χ4v) is 8.20. The molecule has 0 aliphatic carbocycles. The number of hydrogen-bond acceptors (Lipinski definition) is 2. The summed E-state index contributed by atoms with van der Waals surface area (Å²) in [6, 6.07) is 25.4. The highest BCUT2D eigenvalue weighted by molar-refractivity contribution is 8.30. The molecule has 3 rings (SSSR count). The van der Waals surface area contributed by atoms with Gasteiger partial charge in [0.15, 0.2) is 0 Å². The summed E-state index contributed by atoms with van der Waals surface area (Å²) in [7, 11) is -2.37. The molecular weight excluding hydrogens is 448 g/mol. The van der Waals surface area contributed by atoms with Crippen molar-refractivity contribution in [2.45, 2.75) is 100 Å². The SMILES string of the molecule is CC(=O)OS(c1ccccc1)(c1ccccc1)c1c(C(C)(C)C)cc(C(C)(C)C)cc1C(C)(C)C. The average Bonchev–Trinajstić information content (AvgIpc) is 2.76. The van der Waals surface area contributed by atoms with Crippen molar-refractivity contribution >= 4 is 16.3 Å². The second-order valence-corrected chi connectivity index (χ2v) is 15.0. The molecule has 2 nitrogen and oxygen atoms in total. The fraction of sp³-hybridized carbons (Fsp3) is 0.406. The minimum Gasteiger partial charge on any atom is -0.402 e.